The van der Waals surface area contributed by atoms with Crippen molar-refractivity contribution in [3.05, 3.63) is 11.3 Å². The number of ether oxygens (including phenoxy) is 1. The largest absolute Gasteiger partial charge is 0.507 e. The van der Waals surface area contributed by atoms with Crippen LogP contribution in [0.2, 0.25) is 0 Å². The molecule has 1 atom stereocenters. The highest BCUT2D eigenvalue weighted by Gasteiger charge is 2.36. The number of hydrogen-bond donors (Lipinski definition) is 1. The van der Waals surface area contributed by atoms with Crippen LogP contribution in [0.3, 0.4) is 0 Å². The van der Waals surface area contributed by atoms with E-state index in [4.69, 9.17) is 4.74 Å². The fourth-order valence-corrected chi connectivity index (χ4v) is 1.44. The summed E-state index contributed by atoms with van der Waals surface area (Å²) >= 11 is 0. The number of rotatable bonds is 6. The Morgan fingerprint density at radius 1 is 1.56 bits per heavy atom. The predicted octanol–water partition coefficient (Wildman–Crippen LogP) is 0.671. The molecule has 0 aromatic carbocycles. The fourth-order valence-electron chi connectivity index (χ4n) is 1.44. The van der Waals surface area contributed by atoms with Crippen LogP contribution >= 0.6 is 0 Å². The first-order valence-corrected chi connectivity index (χ1v) is 4.88. The SMILES string of the molecule is COOCCCC1OC(=O)C(C(C)=O)=C1O. The van der Waals surface area contributed by atoms with Crippen molar-refractivity contribution in [3.8, 4) is 0 Å². The van der Waals surface area contributed by atoms with Gasteiger partial charge in [-0.1, -0.05) is 0 Å². The van der Waals surface area contributed by atoms with Gasteiger partial charge in [-0.2, -0.15) is 0 Å². The second-order valence-electron chi connectivity index (χ2n) is 3.34. The normalized spacial score (nSPS) is 20.1. The van der Waals surface area contributed by atoms with Crippen LogP contribution in [-0.2, 0) is 24.1 Å². The Bertz CT molecular complexity index is 319. The Morgan fingerprint density at radius 2 is 2.25 bits per heavy atom. The topological polar surface area (TPSA) is 82.1 Å². The van der Waals surface area contributed by atoms with Crippen LogP contribution in [-0.4, -0.2) is 36.7 Å². The molecular formula is C10H14O6. The minimum atomic E-state index is -0.761. The molecule has 0 radical (unpaired) electrons. The highest BCUT2D eigenvalue weighted by Crippen LogP contribution is 2.24. The highest BCUT2D eigenvalue weighted by atomic mass is 17.2. The summed E-state index contributed by atoms with van der Waals surface area (Å²) in [6, 6.07) is 0. The Hall–Kier alpha value is -1.40. The molecule has 0 bridgehead atoms. The van der Waals surface area contributed by atoms with E-state index in [1.54, 1.807) is 0 Å². The third kappa shape index (κ3) is 2.80. The first-order chi connectivity index (χ1) is 7.57. The number of carbonyl (C=O) groups is 2. The summed E-state index contributed by atoms with van der Waals surface area (Å²) in [5.41, 5.74) is -0.252. The molecule has 0 fully saturated rings. The van der Waals surface area contributed by atoms with Gasteiger partial charge in [0.15, 0.2) is 17.6 Å². The van der Waals surface area contributed by atoms with Crippen molar-refractivity contribution in [3.63, 3.8) is 0 Å². The average Bonchev–Trinajstić information content (AvgIpc) is 2.49. The minimum absolute atomic E-state index is 0.252. The van der Waals surface area contributed by atoms with Crippen LogP contribution in [0.1, 0.15) is 19.8 Å². The second-order valence-corrected chi connectivity index (χ2v) is 3.34. The van der Waals surface area contributed by atoms with Crippen LogP contribution in [0, 0.1) is 0 Å². The predicted molar refractivity (Wildman–Crippen MR) is 52.4 cm³/mol. The van der Waals surface area contributed by atoms with Gasteiger partial charge < -0.3 is 9.84 Å². The smallest absolute Gasteiger partial charge is 0.346 e. The van der Waals surface area contributed by atoms with Gasteiger partial charge >= 0.3 is 5.97 Å². The lowest BCUT2D eigenvalue weighted by Crippen LogP contribution is -2.12. The number of cyclic esters (lactones) is 1. The molecule has 0 aliphatic carbocycles. The molecule has 0 saturated carbocycles. The number of carbonyl (C=O) groups excluding carboxylic acids is 2. The van der Waals surface area contributed by atoms with Crippen molar-refractivity contribution in [2.45, 2.75) is 25.9 Å². The van der Waals surface area contributed by atoms with Crippen molar-refractivity contribution in [2.24, 2.45) is 0 Å². The number of Topliss-reactive ketones (excluding diaryl/α,β-unsaturated/α-hetero) is 1. The van der Waals surface area contributed by atoms with E-state index in [9.17, 15) is 14.7 Å². The van der Waals surface area contributed by atoms with Gasteiger partial charge in [0.2, 0.25) is 0 Å². The Labute approximate surface area is 92.7 Å². The van der Waals surface area contributed by atoms with E-state index in [1.165, 1.54) is 14.0 Å². The maximum atomic E-state index is 11.2. The van der Waals surface area contributed by atoms with Crippen molar-refractivity contribution >= 4 is 11.8 Å². The summed E-state index contributed by atoms with van der Waals surface area (Å²) in [6.45, 7) is 1.54. The third-order valence-electron chi connectivity index (χ3n) is 2.18. The zero-order valence-electron chi connectivity index (χ0n) is 9.19. The highest BCUT2D eigenvalue weighted by molar-refractivity contribution is 6.18. The van der Waals surface area contributed by atoms with Crippen LogP contribution in [0.15, 0.2) is 11.3 Å². The molecule has 1 rings (SSSR count). The third-order valence-corrected chi connectivity index (χ3v) is 2.18. The van der Waals surface area contributed by atoms with Crippen LogP contribution in [0.25, 0.3) is 0 Å². The quantitative estimate of drug-likeness (QED) is 0.237. The molecule has 0 saturated heterocycles. The summed E-state index contributed by atoms with van der Waals surface area (Å²) in [7, 11) is 1.39. The molecule has 6 nitrogen and oxygen atoms in total. The minimum Gasteiger partial charge on any atom is -0.507 e. The standard InChI is InChI=1S/C10H14O6/c1-6(11)8-9(12)7(16-10(8)13)4-3-5-15-14-2/h7,12H,3-5H2,1-2H3. The van der Waals surface area contributed by atoms with E-state index >= 15 is 0 Å². The number of aliphatic hydroxyl groups excluding tert-OH is 1. The Balaban J connectivity index is 2.52. The molecule has 16 heavy (non-hydrogen) atoms. The van der Waals surface area contributed by atoms with E-state index < -0.39 is 17.9 Å². The zero-order valence-corrected chi connectivity index (χ0v) is 9.19. The van der Waals surface area contributed by atoms with Gasteiger partial charge in [-0.3, -0.25) is 4.79 Å². The van der Waals surface area contributed by atoms with Crippen molar-refractivity contribution < 1.29 is 29.2 Å². The molecule has 0 amide bonds. The van der Waals surface area contributed by atoms with E-state index in [0.717, 1.165) is 0 Å². The van der Waals surface area contributed by atoms with E-state index in [-0.39, 0.29) is 11.3 Å². The Morgan fingerprint density at radius 3 is 2.75 bits per heavy atom. The van der Waals surface area contributed by atoms with Gasteiger partial charge in [0, 0.05) is 0 Å². The Kier molecular flexibility index (Phi) is 4.45. The molecule has 1 unspecified atom stereocenters. The van der Waals surface area contributed by atoms with Gasteiger partial charge in [0.25, 0.3) is 0 Å². The molecule has 1 heterocycles. The van der Waals surface area contributed by atoms with Gasteiger partial charge in [0.1, 0.15) is 5.57 Å². The maximum absolute atomic E-state index is 11.2. The fraction of sp³-hybridized carbons (Fsp3) is 0.600. The lowest BCUT2D eigenvalue weighted by atomic mass is 10.1. The van der Waals surface area contributed by atoms with Crippen molar-refractivity contribution in [2.75, 3.05) is 13.7 Å². The average molecular weight is 230 g/mol. The van der Waals surface area contributed by atoms with E-state index in [0.29, 0.717) is 19.4 Å². The summed E-state index contributed by atoms with van der Waals surface area (Å²) < 4.78 is 4.85. The van der Waals surface area contributed by atoms with E-state index in [1.807, 2.05) is 0 Å². The van der Waals surface area contributed by atoms with Gasteiger partial charge in [-0.25, -0.2) is 14.6 Å². The second kappa shape index (κ2) is 5.62. The first-order valence-electron chi connectivity index (χ1n) is 4.88. The number of ketones is 1. The molecule has 1 N–H and O–H groups in total. The zero-order chi connectivity index (χ0) is 12.1. The lowest BCUT2D eigenvalue weighted by molar-refractivity contribution is -0.273. The molecule has 1 aliphatic heterocycles. The van der Waals surface area contributed by atoms with Crippen LogP contribution in [0.4, 0.5) is 0 Å². The molecule has 1 aliphatic rings. The molecule has 6 heteroatoms. The van der Waals surface area contributed by atoms with Crippen LogP contribution in [0.5, 0.6) is 0 Å². The van der Waals surface area contributed by atoms with Crippen molar-refractivity contribution in [1.29, 1.82) is 0 Å². The first kappa shape index (κ1) is 12.7. The van der Waals surface area contributed by atoms with E-state index in [2.05, 4.69) is 9.78 Å². The monoisotopic (exact) mass is 230 g/mol. The summed E-state index contributed by atoms with van der Waals surface area (Å²) in [5.74, 6) is -1.53. The van der Waals surface area contributed by atoms with Crippen LogP contribution < -0.4 is 0 Å². The molecule has 0 spiro atoms. The van der Waals surface area contributed by atoms with Gasteiger partial charge in [-0.15, -0.1) is 0 Å². The van der Waals surface area contributed by atoms with Gasteiger partial charge in [-0.05, 0) is 19.8 Å². The molecule has 0 aromatic heterocycles. The molecule has 90 valence electrons. The lowest BCUT2D eigenvalue weighted by Gasteiger charge is -2.09. The number of aliphatic hydroxyl groups is 1. The number of hydrogen-bond acceptors (Lipinski definition) is 6. The maximum Gasteiger partial charge on any atom is 0.346 e. The van der Waals surface area contributed by atoms with Crippen molar-refractivity contribution in [1.82, 2.24) is 0 Å². The molecular weight excluding hydrogens is 216 g/mol. The number of esters is 1. The van der Waals surface area contributed by atoms with Gasteiger partial charge in [0.05, 0.1) is 13.7 Å². The summed E-state index contributed by atoms with van der Waals surface area (Å²) in [5, 5.41) is 9.59. The summed E-state index contributed by atoms with van der Waals surface area (Å²) in [4.78, 5) is 31.2. The summed E-state index contributed by atoms with van der Waals surface area (Å²) in [6.07, 6.45) is 0.186. The molecule has 0 aromatic rings.